The minimum atomic E-state index is 1.08. The van der Waals surface area contributed by atoms with Crippen molar-refractivity contribution >= 4 is 59.3 Å². The molecule has 0 amide bonds. The highest BCUT2D eigenvalue weighted by atomic mass is 32.1. The monoisotopic (exact) mass is 554 g/mol. The van der Waals surface area contributed by atoms with Crippen LogP contribution in [0.1, 0.15) is 0 Å². The fourth-order valence-electron chi connectivity index (χ4n) is 5.92. The van der Waals surface area contributed by atoms with Crippen LogP contribution in [0.5, 0.6) is 0 Å². The number of aromatic nitrogens is 1. The van der Waals surface area contributed by atoms with Gasteiger partial charge in [0, 0.05) is 33.0 Å². The van der Waals surface area contributed by atoms with Gasteiger partial charge in [-0.1, -0.05) is 121 Å². The van der Waals surface area contributed by atoms with Gasteiger partial charge in [0.25, 0.3) is 0 Å². The first-order valence-electron chi connectivity index (χ1n) is 14.1. The molecule has 2 aromatic heterocycles. The molecule has 42 heavy (non-hydrogen) atoms. The van der Waals surface area contributed by atoms with Crippen molar-refractivity contribution in [2.45, 2.75) is 0 Å². The van der Waals surface area contributed by atoms with Gasteiger partial charge < -0.3 is 4.90 Å². The first-order valence-corrected chi connectivity index (χ1v) is 14.9. The lowest BCUT2D eigenvalue weighted by atomic mass is 10.0. The van der Waals surface area contributed by atoms with E-state index in [0.29, 0.717) is 0 Å². The SMILES string of the molecule is c1ccc(-c2ccc(N(c3cccc(-c4ccccc4)c3)c3cncc4sc5c6ccccc6ccc5c34)cc2)cc1. The third-order valence-corrected chi connectivity index (χ3v) is 9.11. The average molecular weight is 555 g/mol. The van der Waals surface area contributed by atoms with E-state index in [1.165, 1.54) is 53.2 Å². The van der Waals surface area contributed by atoms with E-state index in [4.69, 9.17) is 4.98 Å². The van der Waals surface area contributed by atoms with Crippen molar-refractivity contribution in [2.24, 2.45) is 0 Å². The third kappa shape index (κ3) is 4.23. The summed E-state index contributed by atoms with van der Waals surface area (Å²) in [5.41, 5.74) is 8.05. The molecule has 3 heteroatoms. The highest BCUT2D eigenvalue weighted by Crippen LogP contribution is 2.46. The maximum Gasteiger partial charge on any atom is 0.0738 e. The number of anilines is 3. The molecule has 0 saturated heterocycles. The molecule has 0 aliphatic carbocycles. The molecule has 0 bridgehead atoms. The van der Waals surface area contributed by atoms with Gasteiger partial charge >= 0.3 is 0 Å². The zero-order chi connectivity index (χ0) is 27.9. The van der Waals surface area contributed by atoms with E-state index in [1.807, 2.05) is 23.7 Å². The summed E-state index contributed by atoms with van der Waals surface area (Å²) in [5, 5.41) is 5.03. The topological polar surface area (TPSA) is 16.1 Å². The lowest BCUT2D eigenvalue weighted by Crippen LogP contribution is -2.10. The van der Waals surface area contributed by atoms with Crippen molar-refractivity contribution in [3.05, 3.63) is 158 Å². The van der Waals surface area contributed by atoms with Crippen molar-refractivity contribution in [3.8, 4) is 22.3 Å². The number of thiophene rings is 1. The van der Waals surface area contributed by atoms with Gasteiger partial charge in [-0.05, 0) is 57.3 Å². The molecule has 8 rings (SSSR count). The van der Waals surface area contributed by atoms with Crippen LogP contribution in [0.3, 0.4) is 0 Å². The molecule has 2 heterocycles. The highest BCUT2D eigenvalue weighted by molar-refractivity contribution is 7.26. The van der Waals surface area contributed by atoms with Crippen molar-refractivity contribution in [1.82, 2.24) is 4.98 Å². The molecule has 0 atom stereocenters. The van der Waals surface area contributed by atoms with E-state index in [1.54, 1.807) is 0 Å². The highest BCUT2D eigenvalue weighted by Gasteiger charge is 2.20. The van der Waals surface area contributed by atoms with Crippen molar-refractivity contribution in [1.29, 1.82) is 0 Å². The molecule has 0 N–H and O–H groups in total. The van der Waals surface area contributed by atoms with Crippen LogP contribution in [0.2, 0.25) is 0 Å². The smallest absolute Gasteiger partial charge is 0.0738 e. The molecule has 198 valence electrons. The number of hydrogen-bond donors (Lipinski definition) is 0. The second-order valence-electron chi connectivity index (χ2n) is 10.5. The Bertz CT molecular complexity index is 2180. The Labute approximate surface area is 248 Å². The minimum Gasteiger partial charge on any atom is -0.308 e. The molecular weight excluding hydrogens is 529 g/mol. The standard InChI is InChI=1S/C39H26N2S/c1-3-10-27(11-4-1)29-18-21-32(22-19-29)41(33-16-9-15-31(24-33)28-12-5-2-6-13-28)36-25-40-26-37-38(36)35-23-20-30-14-7-8-17-34(30)39(35)42-37/h1-26H. The van der Waals surface area contributed by atoms with Gasteiger partial charge in [0.1, 0.15) is 0 Å². The summed E-state index contributed by atoms with van der Waals surface area (Å²) >= 11 is 1.82. The lowest BCUT2D eigenvalue weighted by Gasteiger charge is -2.27. The number of pyridine rings is 1. The predicted molar refractivity (Wildman–Crippen MR) is 180 cm³/mol. The van der Waals surface area contributed by atoms with Crippen molar-refractivity contribution in [2.75, 3.05) is 4.90 Å². The summed E-state index contributed by atoms with van der Waals surface area (Å²) in [6.07, 6.45) is 4.03. The first-order chi connectivity index (χ1) is 20.8. The minimum absolute atomic E-state index is 1.08. The summed E-state index contributed by atoms with van der Waals surface area (Å²) in [5.74, 6) is 0. The van der Waals surface area contributed by atoms with E-state index < -0.39 is 0 Å². The zero-order valence-electron chi connectivity index (χ0n) is 22.8. The number of nitrogens with zero attached hydrogens (tertiary/aromatic N) is 2. The van der Waals surface area contributed by atoms with Gasteiger partial charge in [0.05, 0.1) is 16.6 Å². The van der Waals surface area contributed by atoms with Gasteiger partial charge in [0.2, 0.25) is 0 Å². The Balaban J connectivity index is 1.36. The Morgan fingerprint density at radius 1 is 0.476 bits per heavy atom. The van der Waals surface area contributed by atoms with Crippen LogP contribution in [0.15, 0.2) is 158 Å². The number of hydrogen-bond acceptors (Lipinski definition) is 3. The number of fused-ring (bicyclic) bond motifs is 5. The van der Waals surface area contributed by atoms with Crippen LogP contribution in [0.25, 0.3) is 53.2 Å². The quantitative estimate of drug-likeness (QED) is 0.210. The van der Waals surface area contributed by atoms with E-state index in [9.17, 15) is 0 Å². The normalized spacial score (nSPS) is 11.3. The summed E-state index contributed by atoms with van der Waals surface area (Å²) in [6.45, 7) is 0. The molecule has 0 fully saturated rings. The van der Waals surface area contributed by atoms with Crippen LogP contribution in [-0.2, 0) is 0 Å². The van der Waals surface area contributed by atoms with Gasteiger partial charge in [-0.25, -0.2) is 0 Å². The predicted octanol–water partition coefficient (Wildman–Crippen LogP) is 11.4. The summed E-state index contributed by atoms with van der Waals surface area (Å²) in [4.78, 5) is 7.13. The van der Waals surface area contributed by atoms with Crippen LogP contribution >= 0.6 is 11.3 Å². The molecule has 8 aromatic rings. The zero-order valence-corrected chi connectivity index (χ0v) is 23.6. The summed E-state index contributed by atoms with van der Waals surface area (Å²) in [6, 6.07) is 52.0. The number of benzene rings is 6. The largest absolute Gasteiger partial charge is 0.308 e. The molecule has 6 aromatic carbocycles. The summed E-state index contributed by atoms with van der Waals surface area (Å²) < 4.78 is 2.48. The molecular formula is C39H26N2S. The Morgan fingerprint density at radius 3 is 1.93 bits per heavy atom. The van der Waals surface area contributed by atoms with E-state index in [0.717, 1.165) is 17.1 Å². The van der Waals surface area contributed by atoms with Crippen LogP contribution < -0.4 is 4.90 Å². The van der Waals surface area contributed by atoms with Gasteiger partial charge in [-0.15, -0.1) is 11.3 Å². The molecule has 0 unspecified atom stereocenters. The summed E-state index contributed by atoms with van der Waals surface area (Å²) in [7, 11) is 0. The lowest BCUT2D eigenvalue weighted by molar-refractivity contribution is 1.26. The molecule has 0 aliphatic rings. The number of rotatable bonds is 5. The van der Waals surface area contributed by atoms with Crippen LogP contribution in [0.4, 0.5) is 17.1 Å². The van der Waals surface area contributed by atoms with E-state index in [-0.39, 0.29) is 0 Å². The fourth-order valence-corrected chi connectivity index (χ4v) is 7.15. The van der Waals surface area contributed by atoms with E-state index >= 15 is 0 Å². The Kier molecular flexibility index (Phi) is 6.02. The second-order valence-corrected chi connectivity index (χ2v) is 11.5. The maximum absolute atomic E-state index is 4.77. The third-order valence-electron chi connectivity index (χ3n) is 7.94. The van der Waals surface area contributed by atoms with Crippen LogP contribution in [0, 0.1) is 0 Å². The second kappa shape index (κ2) is 10.3. The molecule has 0 spiro atoms. The molecule has 0 saturated carbocycles. The fraction of sp³-hybridized carbons (Fsp3) is 0. The van der Waals surface area contributed by atoms with Gasteiger partial charge in [-0.3, -0.25) is 4.98 Å². The Hall–Kier alpha value is -5.25. The Morgan fingerprint density at radius 2 is 1.14 bits per heavy atom. The average Bonchev–Trinajstić information content (AvgIpc) is 3.46. The maximum atomic E-state index is 4.77. The van der Waals surface area contributed by atoms with Crippen LogP contribution in [-0.4, -0.2) is 4.98 Å². The molecule has 0 radical (unpaired) electrons. The first kappa shape index (κ1) is 24.5. The molecule has 0 aliphatic heterocycles. The van der Waals surface area contributed by atoms with E-state index in [2.05, 4.69) is 150 Å². The van der Waals surface area contributed by atoms with Crippen molar-refractivity contribution < 1.29 is 0 Å². The van der Waals surface area contributed by atoms with Gasteiger partial charge in [0.15, 0.2) is 0 Å². The molecule has 2 nitrogen and oxygen atoms in total. The van der Waals surface area contributed by atoms with Gasteiger partial charge in [-0.2, -0.15) is 0 Å². The van der Waals surface area contributed by atoms with Crippen molar-refractivity contribution in [3.63, 3.8) is 0 Å².